The number of rotatable bonds is 4. The molecule has 0 saturated carbocycles. The molecule has 112 valence electrons. The van der Waals surface area contributed by atoms with Crippen molar-refractivity contribution in [2.24, 2.45) is 0 Å². The smallest absolute Gasteiger partial charge is 0.790 e. The molecule has 22 heavy (non-hydrogen) atoms. The summed E-state index contributed by atoms with van der Waals surface area (Å²) in [6, 6.07) is 1.10. The molecule has 0 spiro atoms. The van der Waals surface area contributed by atoms with Gasteiger partial charge in [-0.05, 0) is 0 Å². The Hall–Kier alpha value is 0.710. The molecule has 0 radical (unpaired) electrons. The molecule has 0 unspecified atom stereocenters. The number of nitrogens with one attached hydrogen (secondary N) is 1. The molecule has 1 aliphatic rings. The minimum atomic E-state index is -5.16. The van der Waals surface area contributed by atoms with E-state index in [1.807, 2.05) is 4.98 Å². The number of phosphoric ester groups is 1. The Balaban J connectivity index is 0.00000220. The fourth-order valence-electron chi connectivity index (χ4n) is 1.85. The molecule has 1 aromatic rings. The van der Waals surface area contributed by atoms with Crippen LogP contribution < -0.4 is 80.2 Å². The maximum Gasteiger partial charge on any atom is 1.00 e. The summed E-state index contributed by atoms with van der Waals surface area (Å²) in [5.41, 5.74) is -1.31. The number of hydrogen-bond donors (Lipinski definition) is 2. The molecule has 10 nitrogen and oxygen atoms in total. The SMILES string of the molecule is O=c1ccn([C@H]2C[C@H](O)[C@@H](COP(=O)([O-])[O-])O2)c(=O)[nH]1.[Na+].[Na+]. The van der Waals surface area contributed by atoms with Gasteiger partial charge in [-0.15, -0.1) is 0 Å². The van der Waals surface area contributed by atoms with E-state index >= 15 is 0 Å². The predicted molar refractivity (Wildman–Crippen MR) is 59.4 cm³/mol. The Morgan fingerprint density at radius 1 is 1.45 bits per heavy atom. The second-order valence-electron chi connectivity index (χ2n) is 4.19. The van der Waals surface area contributed by atoms with Gasteiger partial charge in [0.05, 0.1) is 20.5 Å². The van der Waals surface area contributed by atoms with Crippen LogP contribution in [0.1, 0.15) is 12.6 Å². The van der Waals surface area contributed by atoms with Gasteiger partial charge in [0.2, 0.25) is 0 Å². The summed E-state index contributed by atoms with van der Waals surface area (Å²) in [6.07, 6.45) is -1.88. The normalized spacial score (nSPS) is 24.4. The summed E-state index contributed by atoms with van der Waals surface area (Å²) in [5.74, 6) is 0. The van der Waals surface area contributed by atoms with E-state index in [1.54, 1.807) is 0 Å². The molecule has 1 aliphatic heterocycles. The maximum atomic E-state index is 11.5. The van der Waals surface area contributed by atoms with Crippen LogP contribution in [0.15, 0.2) is 21.9 Å². The van der Waals surface area contributed by atoms with Crippen LogP contribution >= 0.6 is 7.82 Å². The topological polar surface area (TPSA) is 157 Å². The standard InChI is InChI=1S/C9H13N2O8P.2Na/c12-5-3-8(11-2-1-7(13)10-9(11)14)19-6(5)4-18-20(15,16)17;;/h1-2,5-6,8,12H,3-4H2,(H,10,13,14)(H2,15,16,17);;/q;2*+1/p-2/t5-,6+,8+;;/m0../s1. The van der Waals surface area contributed by atoms with Crippen molar-refractivity contribution in [3.8, 4) is 0 Å². The minimum Gasteiger partial charge on any atom is -0.790 e. The van der Waals surface area contributed by atoms with Gasteiger partial charge in [-0.25, -0.2) is 4.79 Å². The fraction of sp³-hybridized carbons (Fsp3) is 0.556. The Bertz CT molecular complexity index is 643. The van der Waals surface area contributed by atoms with Crippen LogP contribution in [0.2, 0.25) is 0 Å². The van der Waals surface area contributed by atoms with Crippen LogP contribution in [-0.2, 0) is 13.8 Å². The van der Waals surface area contributed by atoms with Crippen molar-refractivity contribution in [1.82, 2.24) is 9.55 Å². The predicted octanol–water partition coefficient (Wildman–Crippen LogP) is -8.96. The molecule has 2 rings (SSSR count). The Morgan fingerprint density at radius 3 is 2.64 bits per heavy atom. The van der Waals surface area contributed by atoms with Crippen molar-refractivity contribution in [3.63, 3.8) is 0 Å². The number of aliphatic hydroxyl groups is 1. The Labute approximate surface area is 168 Å². The van der Waals surface area contributed by atoms with Crippen LogP contribution in [0.25, 0.3) is 0 Å². The zero-order chi connectivity index (χ0) is 14.9. The summed E-state index contributed by atoms with van der Waals surface area (Å²) >= 11 is 0. The first-order valence-corrected chi connectivity index (χ1v) is 7.04. The molecule has 1 fully saturated rings. The third-order valence-corrected chi connectivity index (χ3v) is 3.23. The zero-order valence-corrected chi connectivity index (χ0v) is 16.9. The Kier molecular flexibility index (Phi) is 9.56. The van der Waals surface area contributed by atoms with E-state index in [2.05, 4.69) is 4.52 Å². The molecule has 1 aromatic heterocycles. The second kappa shape index (κ2) is 9.26. The van der Waals surface area contributed by atoms with Crippen molar-refractivity contribution < 1.29 is 87.8 Å². The van der Waals surface area contributed by atoms with Crippen molar-refractivity contribution in [2.75, 3.05) is 6.61 Å². The first-order chi connectivity index (χ1) is 9.26. The summed E-state index contributed by atoms with van der Waals surface area (Å²) in [7, 11) is -5.16. The van der Waals surface area contributed by atoms with Gasteiger partial charge in [0.15, 0.2) is 0 Å². The number of hydrogen-bond acceptors (Lipinski definition) is 8. The Morgan fingerprint density at radius 2 is 2.09 bits per heavy atom. The number of H-pyrrole nitrogens is 1. The quantitative estimate of drug-likeness (QED) is 0.399. The fourth-order valence-corrected chi connectivity index (χ4v) is 2.18. The van der Waals surface area contributed by atoms with Crippen LogP contribution in [0.5, 0.6) is 0 Å². The summed E-state index contributed by atoms with van der Waals surface area (Å²) < 4.78 is 20.7. The van der Waals surface area contributed by atoms with Gasteiger partial charge in [0.25, 0.3) is 5.56 Å². The van der Waals surface area contributed by atoms with Gasteiger partial charge in [-0.3, -0.25) is 14.3 Å². The van der Waals surface area contributed by atoms with Crippen molar-refractivity contribution >= 4 is 7.82 Å². The maximum absolute atomic E-state index is 11.5. The molecular weight excluding hydrogens is 341 g/mol. The van der Waals surface area contributed by atoms with Crippen LogP contribution in [0.3, 0.4) is 0 Å². The minimum absolute atomic E-state index is 0. The number of aromatic amines is 1. The number of aliphatic hydroxyl groups excluding tert-OH is 1. The van der Waals surface area contributed by atoms with Crippen LogP contribution in [0, 0.1) is 0 Å². The van der Waals surface area contributed by atoms with Crippen LogP contribution in [-0.4, -0.2) is 33.5 Å². The first kappa shape index (κ1) is 22.7. The van der Waals surface area contributed by atoms with Gasteiger partial charge >= 0.3 is 64.8 Å². The average Bonchev–Trinajstić information content (AvgIpc) is 2.67. The average molecular weight is 352 g/mol. The van der Waals surface area contributed by atoms with E-state index in [1.165, 1.54) is 6.20 Å². The number of aromatic nitrogens is 2. The van der Waals surface area contributed by atoms with E-state index in [0.29, 0.717) is 0 Å². The van der Waals surface area contributed by atoms with Gasteiger partial charge in [-0.2, -0.15) is 0 Å². The molecular formula is C9H11N2Na2O8P. The van der Waals surface area contributed by atoms with E-state index in [0.717, 1.165) is 10.6 Å². The molecule has 13 heteroatoms. The third-order valence-electron chi connectivity index (χ3n) is 2.76. The largest absolute Gasteiger partial charge is 1.00 e. The number of phosphoric acid groups is 1. The molecule has 1 saturated heterocycles. The second-order valence-corrected chi connectivity index (χ2v) is 5.35. The van der Waals surface area contributed by atoms with E-state index < -0.39 is 44.1 Å². The summed E-state index contributed by atoms with van der Waals surface area (Å²) in [5, 5.41) is 9.68. The number of ether oxygens (including phenoxy) is 1. The van der Waals surface area contributed by atoms with Gasteiger partial charge < -0.3 is 28.7 Å². The van der Waals surface area contributed by atoms with Gasteiger partial charge in [0, 0.05) is 18.7 Å². The van der Waals surface area contributed by atoms with E-state index in [-0.39, 0.29) is 65.5 Å². The molecule has 0 aliphatic carbocycles. The van der Waals surface area contributed by atoms with Crippen molar-refractivity contribution in [2.45, 2.75) is 24.9 Å². The van der Waals surface area contributed by atoms with Gasteiger partial charge in [0.1, 0.15) is 12.3 Å². The molecule has 2 N–H and O–H groups in total. The van der Waals surface area contributed by atoms with Crippen LogP contribution in [0.4, 0.5) is 0 Å². The summed E-state index contributed by atoms with van der Waals surface area (Å²) in [6.45, 7) is -0.639. The molecule has 0 amide bonds. The van der Waals surface area contributed by atoms with Crippen molar-refractivity contribution in [1.29, 1.82) is 0 Å². The van der Waals surface area contributed by atoms with E-state index in [4.69, 9.17) is 4.74 Å². The van der Waals surface area contributed by atoms with Crippen molar-refractivity contribution in [3.05, 3.63) is 33.1 Å². The monoisotopic (exact) mass is 352 g/mol. The summed E-state index contributed by atoms with van der Waals surface area (Å²) in [4.78, 5) is 45.2. The van der Waals surface area contributed by atoms with E-state index in [9.17, 15) is 29.0 Å². The molecule has 3 atom stereocenters. The number of nitrogens with zero attached hydrogens (tertiary/aromatic N) is 1. The zero-order valence-electron chi connectivity index (χ0n) is 12.0. The molecule has 2 heterocycles. The third kappa shape index (κ3) is 6.31. The first-order valence-electron chi connectivity index (χ1n) is 5.58. The molecule has 0 bridgehead atoms. The molecule has 0 aromatic carbocycles. The van der Waals surface area contributed by atoms with Gasteiger partial charge in [-0.1, -0.05) is 0 Å².